The van der Waals surface area contributed by atoms with Crippen molar-refractivity contribution < 1.29 is 4.79 Å². The molecule has 0 aliphatic carbocycles. The van der Waals surface area contributed by atoms with E-state index in [4.69, 9.17) is 0 Å². The van der Waals surface area contributed by atoms with E-state index in [0.29, 0.717) is 17.5 Å². The lowest BCUT2D eigenvalue weighted by Crippen LogP contribution is -2.57. The Balaban J connectivity index is 1.57. The summed E-state index contributed by atoms with van der Waals surface area (Å²) >= 11 is 0. The summed E-state index contributed by atoms with van der Waals surface area (Å²) in [6.07, 6.45) is 4.17. The second-order valence-corrected chi connectivity index (χ2v) is 5.86. The van der Waals surface area contributed by atoms with Gasteiger partial charge >= 0.3 is 0 Å². The highest BCUT2D eigenvalue weighted by Crippen LogP contribution is 2.28. The molecule has 3 aliphatic rings. The summed E-state index contributed by atoms with van der Waals surface area (Å²) in [6.45, 7) is 3.37. The number of hydrogen-bond acceptors (Lipinski definition) is 3. The molecule has 2 aromatic rings. The second kappa shape index (κ2) is 4.59. The van der Waals surface area contributed by atoms with Crippen molar-refractivity contribution in [3.63, 3.8) is 0 Å². The third-order valence-electron chi connectivity index (χ3n) is 4.69. The molecule has 0 radical (unpaired) electrons. The number of H-pyrrole nitrogens is 1. The average molecular weight is 270 g/mol. The molecule has 2 N–H and O–H groups in total. The van der Waals surface area contributed by atoms with Crippen molar-refractivity contribution in [1.82, 2.24) is 20.4 Å². The van der Waals surface area contributed by atoms with Gasteiger partial charge in [0.2, 0.25) is 0 Å². The molecule has 1 atom stereocenters. The summed E-state index contributed by atoms with van der Waals surface area (Å²) in [4.78, 5) is 15.0. The molecule has 1 aromatic carbocycles. The highest BCUT2D eigenvalue weighted by molar-refractivity contribution is 6.05. The number of aromatic amines is 1. The number of benzene rings is 1. The first kappa shape index (κ1) is 11.9. The first-order valence-electron chi connectivity index (χ1n) is 7.26. The molecule has 1 unspecified atom stereocenters. The minimum atomic E-state index is 0.0126. The third-order valence-corrected chi connectivity index (χ3v) is 4.69. The predicted octanol–water partition coefficient (Wildman–Crippen LogP) is 1.39. The van der Waals surface area contributed by atoms with Gasteiger partial charge in [0.15, 0.2) is 0 Å². The minimum Gasteiger partial charge on any atom is -0.348 e. The van der Waals surface area contributed by atoms with Crippen LogP contribution in [0.15, 0.2) is 24.4 Å². The summed E-state index contributed by atoms with van der Waals surface area (Å²) in [5.74, 6) is 0.656. The standard InChI is InChI=1S/C15H18N4O/c20-15(12-3-1-2-11-8-16-18-14(11)12)17-13-9-19-6-4-10(13)5-7-19/h1-3,8,10,13H,4-7,9H2,(H,16,18)(H,17,20). The summed E-state index contributed by atoms with van der Waals surface area (Å²) in [5, 5.41) is 11.1. The molecule has 3 fully saturated rings. The molecule has 4 heterocycles. The highest BCUT2D eigenvalue weighted by Gasteiger charge is 2.35. The van der Waals surface area contributed by atoms with Gasteiger partial charge in [0.25, 0.3) is 5.91 Å². The zero-order valence-electron chi connectivity index (χ0n) is 11.3. The lowest BCUT2D eigenvalue weighted by molar-refractivity contribution is 0.0621. The predicted molar refractivity (Wildman–Crippen MR) is 76.5 cm³/mol. The van der Waals surface area contributed by atoms with Crippen molar-refractivity contribution in [2.45, 2.75) is 18.9 Å². The monoisotopic (exact) mass is 270 g/mol. The number of carbonyl (C=O) groups excluding carboxylic acids is 1. The fraction of sp³-hybridized carbons (Fsp3) is 0.467. The molecule has 1 aromatic heterocycles. The van der Waals surface area contributed by atoms with E-state index in [-0.39, 0.29) is 5.91 Å². The smallest absolute Gasteiger partial charge is 0.253 e. The SMILES string of the molecule is O=C(NC1CN2CCC1CC2)c1cccc2cn[nH]c12. The van der Waals surface area contributed by atoms with Crippen LogP contribution in [-0.2, 0) is 0 Å². The molecule has 3 aliphatic heterocycles. The van der Waals surface area contributed by atoms with Gasteiger partial charge < -0.3 is 10.2 Å². The van der Waals surface area contributed by atoms with Crippen molar-refractivity contribution >= 4 is 16.8 Å². The quantitative estimate of drug-likeness (QED) is 0.867. The van der Waals surface area contributed by atoms with E-state index < -0.39 is 0 Å². The first-order valence-corrected chi connectivity index (χ1v) is 7.26. The number of nitrogens with one attached hydrogen (secondary N) is 2. The largest absolute Gasteiger partial charge is 0.348 e. The van der Waals surface area contributed by atoms with Crippen LogP contribution < -0.4 is 5.32 Å². The van der Waals surface area contributed by atoms with Gasteiger partial charge in [-0.05, 0) is 37.9 Å². The Morgan fingerprint density at radius 3 is 2.95 bits per heavy atom. The molecule has 2 bridgehead atoms. The van der Waals surface area contributed by atoms with Gasteiger partial charge in [0, 0.05) is 18.0 Å². The fourth-order valence-electron chi connectivity index (χ4n) is 3.53. The Kier molecular flexibility index (Phi) is 2.73. The number of aromatic nitrogens is 2. The van der Waals surface area contributed by atoms with Gasteiger partial charge in [-0.25, -0.2) is 0 Å². The minimum absolute atomic E-state index is 0.0126. The van der Waals surface area contributed by atoms with Crippen LogP contribution in [0.1, 0.15) is 23.2 Å². The van der Waals surface area contributed by atoms with Gasteiger partial charge in [0.1, 0.15) is 0 Å². The third kappa shape index (κ3) is 1.89. The van der Waals surface area contributed by atoms with Crippen molar-refractivity contribution in [1.29, 1.82) is 0 Å². The van der Waals surface area contributed by atoms with E-state index in [1.54, 1.807) is 6.20 Å². The lowest BCUT2D eigenvalue weighted by Gasteiger charge is -2.44. The summed E-state index contributed by atoms with van der Waals surface area (Å²) < 4.78 is 0. The number of rotatable bonds is 2. The van der Waals surface area contributed by atoms with E-state index >= 15 is 0 Å². The maximum Gasteiger partial charge on any atom is 0.253 e. The van der Waals surface area contributed by atoms with Crippen molar-refractivity contribution in [2.75, 3.05) is 19.6 Å². The summed E-state index contributed by atoms with van der Waals surface area (Å²) in [7, 11) is 0. The summed E-state index contributed by atoms with van der Waals surface area (Å²) in [6, 6.07) is 6.02. The van der Waals surface area contributed by atoms with E-state index in [1.807, 2.05) is 18.2 Å². The Labute approximate surface area is 117 Å². The fourth-order valence-corrected chi connectivity index (χ4v) is 3.53. The number of piperidine rings is 3. The summed E-state index contributed by atoms with van der Waals surface area (Å²) in [5.41, 5.74) is 1.52. The van der Waals surface area contributed by atoms with Crippen molar-refractivity contribution in [3.05, 3.63) is 30.0 Å². The van der Waals surface area contributed by atoms with Gasteiger partial charge in [-0.2, -0.15) is 5.10 Å². The number of para-hydroxylation sites is 1. The molecule has 20 heavy (non-hydrogen) atoms. The Hall–Kier alpha value is -1.88. The van der Waals surface area contributed by atoms with Crippen molar-refractivity contribution in [3.8, 4) is 0 Å². The maximum atomic E-state index is 12.5. The topological polar surface area (TPSA) is 61.0 Å². The van der Waals surface area contributed by atoms with Crippen LogP contribution in [-0.4, -0.2) is 46.7 Å². The van der Waals surface area contributed by atoms with E-state index in [1.165, 1.54) is 25.9 Å². The van der Waals surface area contributed by atoms with Crippen molar-refractivity contribution in [2.24, 2.45) is 5.92 Å². The molecular formula is C15H18N4O. The van der Waals surface area contributed by atoms with E-state index in [2.05, 4.69) is 20.4 Å². The number of carbonyl (C=O) groups is 1. The molecule has 0 saturated carbocycles. The zero-order valence-corrected chi connectivity index (χ0v) is 11.3. The van der Waals surface area contributed by atoms with Crippen LogP contribution in [0.25, 0.3) is 10.9 Å². The number of nitrogens with zero attached hydrogens (tertiary/aromatic N) is 2. The molecule has 0 spiro atoms. The lowest BCUT2D eigenvalue weighted by atomic mass is 9.84. The molecule has 5 heteroatoms. The van der Waals surface area contributed by atoms with Crippen LogP contribution in [0.5, 0.6) is 0 Å². The molecule has 5 rings (SSSR count). The van der Waals surface area contributed by atoms with Crippen LogP contribution in [0.4, 0.5) is 0 Å². The highest BCUT2D eigenvalue weighted by atomic mass is 16.1. The van der Waals surface area contributed by atoms with Crippen LogP contribution in [0, 0.1) is 5.92 Å². The molecule has 5 nitrogen and oxygen atoms in total. The van der Waals surface area contributed by atoms with Gasteiger partial charge in [-0.15, -0.1) is 0 Å². The Bertz CT molecular complexity index is 642. The van der Waals surface area contributed by atoms with Crippen LogP contribution >= 0.6 is 0 Å². The number of amides is 1. The molecule has 1 amide bonds. The van der Waals surface area contributed by atoms with Crippen LogP contribution in [0.3, 0.4) is 0 Å². The number of hydrogen-bond donors (Lipinski definition) is 2. The van der Waals surface area contributed by atoms with E-state index in [0.717, 1.165) is 17.4 Å². The Morgan fingerprint density at radius 2 is 2.20 bits per heavy atom. The molecular weight excluding hydrogens is 252 g/mol. The molecule has 104 valence electrons. The number of fused-ring (bicyclic) bond motifs is 4. The Morgan fingerprint density at radius 1 is 1.35 bits per heavy atom. The first-order chi connectivity index (χ1) is 9.81. The van der Waals surface area contributed by atoms with Gasteiger partial charge in [-0.3, -0.25) is 9.89 Å². The van der Waals surface area contributed by atoms with E-state index in [9.17, 15) is 4.79 Å². The average Bonchev–Trinajstić information content (AvgIpc) is 2.96. The zero-order chi connectivity index (χ0) is 13.5. The normalized spacial score (nSPS) is 28.7. The maximum absolute atomic E-state index is 12.5. The molecule has 3 saturated heterocycles. The van der Waals surface area contributed by atoms with Crippen LogP contribution in [0.2, 0.25) is 0 Å². The van der Waals surface area contributed by atoms with Gasteiger partial charge in [-0.1, -0.05) is 12.1 Å². The van der Waals surface area contributed by atoms with Gasteiger partial charge in [0.05, 0.1) is 17.3 Å². The second-order valence-electron chi connectivity index (χ2n) is 5.86.